The summed E-state index contributed by atoms with van der Waals surface area (Å²) in [7, 11) is 1.43. The quantitative estimate of drug-likeness (QED) is 0.652. The van der Waals surface area contributed by atoms with Crippen LogP contribution >= 0.6 is 11.3 Å². The van der Waals surface area contributed by atoms with Gasteiger partial charge in [-0.25, -0.2) is 9.37 Å². The second kappa shape index (κ2) is 8.66. The Hall–Kier alpha value is -2.94. The van der Waals surface area contributed by atoms with E-state index in [9.17, 15) is 9.18 Å². The lowest BCUT2D eigenvalue weighted by atomic mass is 10.1. The van der Waals surface area contributed by atoms with Crippen LogP contribution in [-0.4, -0.2) is 45.8 Å². The van der Waals surface area contributed by atoms with Crippen molar-refractivity contribution in [1.29, 1.82) is 0 Å². The number of amides is 1. The van der Waals surface area contributed by atoms with E-state index >= 15 is 0 Å². The van der Waals surface area contributed by atoms with Crippen molar-refractivity contribution in [3.8, 4) is 17.0 Å². The van der Waals surface area contributed by atoms with Crippen molar-refractivity contribution in [2.45, 2.75) is 39.2 Å². The number of ether oxygens (including phenoxy) is 1. The van der Waals surface area contributed by atoms with Gasteiger partial charge in [0, 0.05) is 42.1 Å². The van der Waals surface area contributed by atoms with E-state index < -0.39 is 5.82 Å². The summed E-state index contributed by atoms with van der Waals surface area (Å²) in [4.78, 5) is 20.5. The number of benzene rings is 1. The van der Waals surface area contributed by atoms with E-state index in [1.807, 2.05) is 11.0 Å². The first-order valence-electron chi connectivity index (χ1n) is 10.3. The van der Waals surface area contributed by atoms with Crippen LogP contribution < -0.4 is 10.5 Å². The van der Waals surface area contributed by atoms with Gasteiger partial charge in [-0.15, -0.1) is 11.3 Å². The van der Waals surface area contributed by atoms with E-state index in [-0.39, 0.29) is 24.1 Å². The number of hydrogen-bond donors (Lipinski definition) is 1. The monoisotopic (exact) mass is 443 g/mol. The summed E-state index contributed by atoms with van der Waals surface area (Å²) in [6.07, 6.45) is 1.48. The molecule has 0 bridgehead atoms. The Morgan fingerprint density at radius 3 is 2.81 bits per heavy atom. The molecule has 9 heteroatoms. The number of anilines is 1. The third-order valence-electron chi connectivity index (χ3n) is 5.51. The minimum atomic E-state index is -0.420. The molecule has 7 nitrogen and oxygen atoms in total. The predicted octanol–water partition coefficient (Wildman–Crippen LogP) is 3.49. The molecule has 4 rings (SSSR count). The van der Waals surface area contributed by atoms with Gasteiger partial charge < -0.3 is 15.4 Å². The molecule has 2 aromatic heterocycles. The van der Waals surface area contributed by atoms with Gasteiger partial charge in [-0.1, -0.05) is 13.8 Å². The SMILES string of the molecule is COc1cc(-c2cc(C(C)C)n(CC(=O)N3CCc4nc(N)sc4CC3)n2)ccc1F. The summed E-state index contributed by atoms with van der Waals surface area (Å²) in [6, 6.07) is 6.61. The average molecular weight is 444 g/mol. The van der Waals surface area contributed by atoms with E-state index in [2.05, 4.69) is 23.9 Å². The summed E-state index contributed by atoms with van der Waals surface area (Å²) in [6.45, 7) is 5.55. The lowest BCUT2D eigenvalue weighted by molar-refractivity contribution is -0.132. The third kappa shape index (κ3) is 4.41. The summed E-state index contributed by atoms with van der Waals surface area (Å²) < 4.78 is 20.6. The smallest absolute Gasteiger partial charge is 0.244 e. The van der Waals surface area contributed by atoms with Crippen molar-refractivity contribution in [3.05, 3.63) is 46.3 Å². The maximum atomic E-state index is 13.8. The highest BCUT2D eigenvalue weighted by atomic mass is 32.1. The Balaban J connectivity index is 1.54. The topological polar surface area (TPSA) is 86.3 Å². The fourth-order valence-corrected chi connectivity index (χ4v) is 4.71. The molecule has 31 heavy (non-hydrogen) atoms. The fraction of sp³-hybridized carbons (Fsp3) is 0.409. The van der Waals surface area contributed by atoms with Crippen LogP contribution in [0.25, 0.3) is 11.3 Å². The van der Waals surface area contributed by atoms with Crippen LogP contribution in [0.2, 0.25) is 0 Å². The minimum absolute atomic E-state index is 0.0244. The number of rotatable bonds is 5. The number of carbonyl (C=O) groups excluding carboxylic acids is 1. The van der Waals surface area contributed by atoms with Gasteiger partial charge in [0.1, 0.15) is 6.54 Å². The van der Waals surface area contributed by atoms with Gasteiger partial charge in [-0.05, 0) is 30.2 Å². The second-order valence-electron chi connectivity index (χ2n) is 7.92. The van der Waals surface area contributed by atoms with Crippen LogP contribution in [0.15, 0.2) is 24.3 Å². The number of nitrogens with two attached hydrogens (primary N) is 1. The largest absolute Gasteiger partial charge is 0.494 e. The number of carbonyl (C=O) groups is 1. The van der Waals surface area contributed by atoms with Crippen molar-refractivity contribution >= 4 is 22.4 Å². The van der Waals surface area contributed by atoms with Crippen molar-refractivity contribution in [2.75, 3.05) is 25.9 Å². The zero-order chi connectivity index (χ0) is 22.1. The Bertz CT molecular complexity index is 1080. The van der Waals surface area contributed by atoms with Crippen LogP contribution in [0.3, 0.4) is 0 Å². The predicted molar refractivity (Wildman–Crippen MR) is 119 cm³/mol. The van der Waals surface area contributed by atoms with Gasteiger partial charge in [0.15, 0.2) is 16.7 Å². The van der Waals surface area contributed by atoms with Gasteiger partial charge in [-0.2, -0.15) is 5.10 Å². The first-order valence-corrected chi connectivity index (χ1v) is 11.1. The standard InChI is InChI=1S/C22H26FN5O2S/c1-13(2)18-11-17(14-4-5-15(23)19(10-14)30-3)26-28(18)12-21(29)27-8-6-16-20(7-9-27)31-22(24)25-16/h4-5,10-11,13H,6-9,12H2,1-3H3,(H2,24,25). The van der Waals surface area contributed by atoms with Gasteiger partial charge in [-0.3, -0.25) is 9.48 Å². The van der Waals surface area contributed by atoms with Gasteiger partial charge in [0.2, 0.25) is 5.91 Å². The summed E-state index contributed by atoms with van der Waals surface area (Å²) in [5, 5.41) is 5.26. The molecule has 1 aliphatic heterocycles. The highest BCUT2D eigenvalue weighted by Crippen LogP contribution is 2.28. The van der Waals surface area contributed by atoms with Crippen LogP contribution in [0.4, 0.5) is 9.52 Å². The molecule has 3 heterocycles. The lowest BCUT2D eigenvalue weighted by Gasteiger charge is -2.21. The molecule has 1 amide bonds. The van der Waals surface area contributed by atoms with Gasteiger partial charge in [0.05, 0.1) is 18.5 Å². The molecule has 0 fully saturated rings. The summed E-state index contributed by atoms with van der Waals surface area (Å²) in [5.74, 6) is -0.0487. The number of fused-ring (bicyclic) bond motifs is 1. The molecule has 0 spiro atoms. The van der Waals surface area contributed by atoms with E-state index in [1.165, 1.54) is 29.4 Å². The van der Waals surface area contributed by atoms with E-state index in [4.69, 9.17) is 10.5 Å². The van der Waals surface area contributed by atoms with Crippen molar-refractivity contribution < 1.29 is 13.9 Å². The van der Waals surface area contributed by atoms with Crippen molar-refractivity contribution in [1.82, 2.24) is 19.7 Å². The number of halogens is 1. The molecule has 3 aromatic rings. The van der Waals surface area contributed by atoms with Crippen LogP contribution in [0, 0.1) is 5.82 Å². The molecule has 0 radical (unpaired) electrons. The zero-order valence-electron chi connectivity index (χ0n) is 17.9. The number of hydrogen-bond acceptors (Lipinski definition) is 6. The number of aromatic nitrogens is 3. The molecule has 0 atom stereocenters. The molecular formula is C22H26FN5O2S. The number of thiazole rings is 1. The molecule has 1 aliphatic rings. The molecule has 2 N–H and O–H groups in total. The maximum absolute atomic E-state index is 13.8. The fourth-order valence-electron chi connectivity index (χ4n) is 3.84. The highest BCUT2D eigenvalue weighted by molar-refractivity contribution is 7.15. The Morgan fingerprint density at radius 1 is 1.29 bits per heavy atom. The van der Waals surface area contributed by atoms with Gasteiger partial charge in [0.25, 0.3) is 0 Å². The van der Waals surface area contributed by atoms with E-state index in [0.29, 0.717) is 30.3 Å². The summed E-state index contributed by atoms with van der Waals surface area (Å²) in [5.41, 5.74) is 9.21. The molecule has 0 unspecified atom stereocenters. The van der Waals surface area contributed by atoms with Crippen LogP contribution in [0.1, 0.15) is 36.0 Å². The Kier molecular flexibility index (Phi) is 5.95. The third-order valence-corrected chi connectivity index (χ3v) is 6.50. The van der Waals surface area contributed by atoms with E-state index in [0.717, 1.165) is 23.4 Å². The molecule has 0 saturated heterocycles. The Labute approximate surface area is 184 Å². The number of nitrogen functional groups attached to an aromatic ring is 1. The molecular weight excluding hydrogens is 417 g/mol. The zero-order valence-corrected chi connectivity index (χ0v) is 18.7. The minimum Gasteiger partial charge on any atom is -0.494 e. The van der Waals surface area contributed by atoms with E-state index in [1.54, 1.807) is 16.8 Å². The Morgan fingerprint density at radius 2 is 2.06 bits per heavy atom. The van der Waals surface area contributed by atoms with Crippen LogP contribution in [0.5, 0.6) is 5.75 Å². The molecule has 0 saturated carbocycles. The maximum Gasteiger partial charge on any atom is 0.244 e. The summed E-state index contributed by atoms with van der Waals surface area (Å²) >= 11 is 1.51. The first-order chi connectivity index (χ1) is 14.9. The molecule has 164 valence electrons. The second-order valence-corrected chi connectivity index (χ2v) is 9.03. The van der Waals surface area contributed by atoms with Crippen molar-refractivity contribution in [2.24, 2.45) is 0 Å². The van der Waals surface area contributed by atoms with Crippen LogP contribution in [-0.2, 0) is 24.2 Å². The number of nitrogens with zero attached hydrogens (tertiary/aromatic N) is 4. The molecule has 1 aromatic carbocycles. The van der Waals surface area contributed by atoms with Crippen molar-refractivity contribution in [3.63, 3.8) is 0 Å². The molecule has 0 aliphatic carbocycles. The van der Waals surface area contributed by atoms with Gasteiger partial charge >= 0.3 is 0 Å². The first kappa shape index (κ1) is 21.3. The number of methoxy groups -OCH3 is 1. The average Bonchev–Trinajstić information content (AvgIpc) is 3.26. The highest BCUT2D eigenvalue weighted by Gasteiger charge is 2.23. The lowest BCUT2D eigenvalue weighted by Crippen LogP contribution is -2.36. The normalized spacial score (nSPS) is 13.9.